The zero-order chi connectivity index (χ0) is 20.9. The Morgan fingerprint density at radius 1 is 0.967 bits per heavy atom. The van der Waals surface area contributed by atoms with Crippen molar-refractivity contribution in [3.8, 4) is 0 Å². The predicted molar refractivity (Wildman–Crippen MR) is 127 cm³/mol. The minimum absolute atomic E-state index is 0.0744. The molecule has 0 unspecified atom stereocenters. The molecule has 0 fully saturated rings. The highest BCUT2D eigenvalue weighted by molar-refractivity contribution is 9.10. The van der Waals surface area contributed by atoms with E-state index in [4.69, 9.17) is 0 Å². The average molecular weight is 461 g/mol. The Morgan fingerprint density at radius 3 is 2.57 bits per heavy atom. The molecule has 3 nitrogen and oxygen atoms in total. The van der Waals surface area contributed by atoms with Gasteiger partial charge in [-0.05, 0) is 48.2 Å². The summed E-state index contributed by atoms with van der Waals surface area (Å²) in [6.07, 6.45) is 3.41. The molecule has 1 aromatic heterocycles. The number of carbonyl (C=O) groups excluding carboxylic acids is 1. The molecule has 0 aliphatic rings. The first kappa shape index (κ1) is 20.4. The van der Waals surface area contributed by atoms with Crippen LogP contribution in [-0.4, -0.2) is 10.5 Å². The molecule has 0 radical (unpaired) electrons. The van der Waals surface area contributed by atoms with Crippen LogP contribution in [0, 0.1) is 6.92 Å². The second kappa shape index (κ2) is 9.31. The molecule has 0 aliphatic heterocycles. The van der Waals surface area contributed by atoms with E-state index in [0.29, 0.717) is 13.0 Å². The van der Waals surface area contributed by atoms with Crippen molar-refractivity contribution < 1.29 is 4.79 Å². The molecule has 0 atom stereocenters. The summed E-state index contributed by atoms with van der Waals surface area (Å²) in [6, 6.07) is 25.1. The van der Waals surface area contributed by atoms with Crippen LogP contribution in [0.1, 0.15) is 28.7 Å². The SMILES string of the molecule is Cc1ccc(Cn2cc(CCC(=O)NCc3cccc(Br)c3)c3ccccc32)cc1. The van der Waals surface area contributed by atoms with Crippen molar-refractivity contribution in [2.45, 2.75) is 32.9 Å². The van der Waals surface area contributed by atoms with Gasteiger partial charge < -0.3 is 9.88 Å². The molecule has 0 saturated carbocycles. The lowest BCUT2D eigenvalue weighted by molar-refractivity contribution is -0.121. The van der Waals surface area contributed by atoms with E-state index in [-0.39, 0.29) is 5.91 Å². The minimum Gasteiger partial charge on any atom is -0.352 e. The van der Waals surface area contributed by atoms with E-state index in [0.717, 1.165) is 23.0 Å². The summed E-state index contributed by atoms with van der Waals surface area (Å²) in [5.41, 5.74) is 6.07. The number of para-hydroxylation sites is 1. The molecule has 1 N–H and O–H groups in total. The highest BCUT2D eigenvalue weighted by Crippen LogP contribution is 2.24. The molecular weight excluding hydrogens is 436 g/mol. The molecule has 1 amide bonds. The lowest BCUT2D eigenvalue weighted by Crippen LogP contribution is -2.22. The summed E-state index contributed by atoms with van der Waals surface area (Å²) >= 11 is 3.47. The number of hydrogen-bond donors (Lipinski definition) is 1. The molecule has 4 heteroatoms. The smallest absolute Gasteiger partial charge is 0.220 e. The first-order chi connectivity index (χ1) is 14.6. The predicted octanol–water partition coefficient (Wildman–Crippen LogP) is 6.01. The maximum Gasteiger partial charge on any atom is 0.220 e. The molecule has 30 heavy (non-hydrogen) atoms. The van der Waals surface area contributed by atoms with Gasteiger partial charge in [-0.25, -0.2) is 0 Å². The first-order valence-electron chi connectivity index (χ1n) is 10.2. The van der Waals surface area contributed by atoms with E-state index >= 15 is 0 Å². The normalized spacial score (nSPS) is 11.0. The Morgan fingerprint density at radius 2 is 1.77 bits per heavy atom. The average Bonchev–Trinajstić information content (AvgIpc) is 3.10. The topological polar surface area (TPSA) is 34.0 Å². The second-order valence-electron chi connectivity index (χ2n) is 7.69. The lowest BCUT2D eigenvalue weighted by atomic mass is 10.1. The molecule has 0 aliphatic carbocycles. The van der Waals surface area contributed by atoms with Gasteiger partial charge >= 0.3 is 0 Å². The Kier molecular flexibility index (Phi) is 6.34. The van der Waals surface area contributed by atoms with Crippen LogP contribution in [0.15, 0.2) is 83.5 Å². The molecule has 0 saturated heterocycles. The number of halogens is 1. The van der Waals surface area contributed by atoms with Gasteiger partial charge in [-0.15, -0.1) is 0 Å². The molecule has 4 aromatic rings. The van der Waals surface area contributed by atoms with Crippen LogP contribution in [-0.2, 0) is 24.3 Å². The summed E-state index contributed by atoms with van der Waals surface area (Å²) in [5.74, 6) is 0.0744. The summed E-state index contributed by atoms with van der Waals surface area (Å²) in [5, 5.41) is 4.26. The maximum absolute atomic E-state index is 12.4. The van der Waals surface area contributed by atoms with E-state index in [1.54, 1.807) is 0 Å². The number of nitrogens with zero attached hydrogens (tertiary/aromatic N) is 1. The standard InChI is InChI=1S/C26H25BrN2O/c1-19-9-11-20(12-10-19)17-29-18-22(24-7-2-3-8-25(24)29)13-14-26(30)28-16-21-5-4-6-23(27)15-21/h2-12,15,18H,13-14,16-17H2,1H3,(H,28,30). The summed E-state index contributed by atoms with van der Waals surface area (Å²) in [4.78, 5) is 12.4. The Labute approximate surface area is 185 Å². The van der Waals surface area contributed by atoms with Gasteiger partial charge in [-0.3, -0.25) is 4.79 Å². The van der Waals surface area contributed by atoms with Gasteiger partial charge in [-0.1, -0.05) is 76.1 Å². The number of hydrogen-bond acceptors (Lipinski definition) is 1. The van der Waals surface area contributed by atoms with Crippen LogP contribution in [0.4, 0.5) is 0 Å². The summed E-state index contributed by atoms with van der Waals surface area (Å²) in [7, 11) is 0. The third-order valence-electron chi connectivity index (χ3n) is 5.34. The van der Waals surface area contributed by atoms with Crippen molar-refractivity contribution in [2.24, 2.45) is 0 Å². The van der Waals surface area contributed by atoms with E-state index in [2.05, 4.69) is 87.5 Å². The van der Waals surface area contributed by atoms with Crippen LogP contribution >= 0.6 is 15.9 Å². The van der Waals surface area contributed by atoms with E-state index < -0.39 is 0 Å². The quantitative estimate of drug-likeness (QED) is 0.359. The lowest BCUT2D eigenvalue weighted by Gasteiger charge is -2.06. The fourth-order valence-electron chi connectivity index (χ4n) is 3.73. The van der Waals surface area contributed by atoms with Crippen LogP contribution in [0.25, 0.3) is 10.9 Å². The highest BCUT2D eigenvalue weighted by Gasteiger charge is 2.11. The van der Waals surface area contributed by atoms with Gasteiger partial charge in [0, 0.05) is 41.1 Å². The number of carbonyl (C=O) groups is 1. The Hall–Kier alpha value is -2.85. The zero-order valence-electron chi connectivity index (χ0n) is 17.1. The molecule has 0 spiro atoms. The van der Waals surface area contributed by atoms with Gasteiger partial charge in [0.15, 0.2) is 0 Å². The fourth-order valence-corrected chi connectivity index (χ4v) is 4.17. The Balaban J connectivity index is 1.43. The molecule has 4 rings (SSSR count). The van der Waals surface area contributed by atoms with Crippen LogP contribution in [0.5, 0.6) is 0 Å². The number of aromatic nitrogens is 1. The summed E-state index contributed by atoms with van der Waals surface area (Å²) in [6.45, 7) is 3.48. The number of nitrogens with one attached hydrogen (secondary N) is 1. The van der Waals surface area contributed by atoms with E-state index in [9.17, 15) is 4.79 Å². The fraction of sp³-hybridized carbons (Fsp3) is 0.192. The number of rotatable bonds is 7. The highest BCUT2D eigenvalue weighted by atomic mass is 79.9. The van der Waals surface area contributed by atoms with Gasteiger partial charge in [0.1, 0.15) is 0 Å². The van der Waals surface area contributed by atoms with Crippen molar-refractivity contribution in [1.82, 2.24) is 9.88 Å². The Bertz CT molecular complexity index is 1160. The molecule has 3 aromatic carbocycles. The van der Waals surface area contributed by atoms with Crippen molar-refractivity contribution >= 4 is 32.7 Å². The molecular formula is C26H25BrN2O. The molecule has 1 heterocycles. The number of amides is 1. The van der Waals surface area contributed by atoms with E-state index in [1.165, 1.54) is 27.6 Å². The van der Waals surface area contributed by atoms with Crippen molar-refractivity contribution in [3.63, 3.8) is 0 Å². The second-order valence-corrected chi connectivity index (χ2v) is 8.61. The number of aryl methyl sites for hydroxylation is 2. The van der Waals surface area contributed by atoms with E-state index in [1.807, 2.05) is 24.3 Å². The first-order valence-corrected chi connectivity index (χ1v) is 11.0. The van der Waals surface area contributed by atoms with Crippen molar-refractivity contribution in [1.29, 1.82) is 0 Å². The largest absolute Gasteiger partial charge is 0.352 e. The maximum atomic E-state index is 12.4. The van der Waals surface area contributed by atoms with Crippen molar-refractivity contribution in [3.05, 3.63) is 106 Å². The molecule has 0 bridgehead atoms. The zero-order valence-corrected chi connectivity index (χ0v) is 18.7. The minimum atomic E-state index is 0.0744. The van der Waals surface area contributed by atoms with Crippen LogP contribution in [0.3, 0.4) is 0 Å². The number of fused-ring (bicyclic) bond motifs is 1. The van der Waals surface area contributed by atoms with Crippen molar-refractivity contribution in [2.75, 3.05) is 0 Å². The van der Waals surface area contributed by atoms with Gasteiger partial charge in [0.25, 0.3) is 0 Å². The van der Waals surface area contributed by atoms with Crippen LogP contribution < -0.4 is 5.32 Å². The van der Waals surface area contributed by atoms with Gasteiger partial charge in [0.2, 0.25) is 5.91 Å². The molecule has 152 valence electrons. The monoisotopic (exact) mass is 460 g/mol. The third-order valence-corrected chi connectivity index (χ3v) is 5.84. The third kappa shape index (κ3) is 5.00. The van der Waals surface area contributed by atoms with Gasteiger partial charge in [-0.2, -0.15) is 0 Å². The number of benzene rings is 3. The summed E-state index contributed by atoms with van der Waals surface area (Å²) < 4.78 is 3.31. The van der Waals surface area contributed by atoms with Gasteiger partial charge in [0.05, 0.1) is 0 Å². The van der Waals surface area contributed by atoms with Crippen LogP contribution in [0.2, 0.25) is 0 Å².